The van der Waals surface area contributed by atoms with Crippen molar-refractivity contribution in [1.82, 2.24) is 0 Å². The molecule has 0 aromatic heterocycles. The number of carbonyl (C=O) groups excluding carboxylic acids is 1. The zero-order chi connectivity index (χ0) is 8.15. The Morgan fingerprint density at radius 3 is 2.60 bits per heavy atom. The molecule has 1 unspecified atom stereocenters. The first kappa shape index (κ1) is 9.33. The lowest BCUT2D eigenvalue weighted by Crippen LogP contribution is -2.18. The number of Topliss-reactive ketones (excluding diaryl/α,β-unsaturated/α-hetero) is 1. The molecule has 0 saturated heterocycles. The standard InChI is InChI=1S/C7H11O3/c1-5(2)7(10)3-6(9)4-8/h3,6,8-9H,1,4H2,2H3. The number of rotatable bonds is 4. The first-order valence-corrected chi connectivity index (χ1v) is 2.91. The molecule has 0 rings (SSSR count). The Kier molecular flexibility index (Phi) is 3.91. The summed E-state index contributed by atoms with van der Waals surface area (Å²) < 4.78 is 0. The highest BCUT2D eigenvalue weighted by molar-refractivity contribution is 6.01. The fraction of sp³-hybridized carbons (Fsp3) is 0.429. The Hall–Kier alpha value is -0.670. The molecule has 0 amide bonds. The van der Waals surface area contributed by atoms with Crippen LogP contribution in [0.1, 0.15) is 6.92 Å². The van der Waals surface area contributed by atoms with Crippen molar-refractivity contribution in [3.05, 3.63) is 18.6 Å². The molecule has 0 saturated carbocycles. The molecule has 0 bridgehead atoms. The molecule has 0 fully saturated rings. The second-order valence-electron chi connectivity index (χ2n) is 2.06. The van der Waals surface area contributed by atoms with E-state index < -0.39 is 12.7 Å². The van der Waals surface area contributed by atoms with Crippen LogP contribution >= 0.6 is 0 Å². The maximum atomic E-state index is 10.7. The Morgan fingerprint density at radius 1 is 1.80 bits per heavy atom. The molecule has 0 aromatic rings. The predicted octanol–water partition coefficient (Wildman–Crippen LogP) is -0.311. The van der Waals surface area contributed by atoms with E-state index in [0.717, 1.165) is 6.42 Å². The predicted molar refractivity (Wildman–Crippen MR) is 37.2 cm³/mol. The van der Waals surface area contributed by atoms with E-state index in [1.807, 2.05) is 0 Å². The summed E-state index contributed by atoms with van der Waals surface area (Å²) in [5, 5.41) is 17.0. The van der Waals surface area contributed by atoms with Gasteiger partial charge in [0.15, 0.2) is 5.78 Å². The summed E-state index contributed by atoms with van der Waals surface area (Å²) in [5.74, 6) is -0.332. The van der Waals surface area contributed by atoms with Crippen molar-refractivity contribution in [2.45, 2.75) is 13.0 Å². The number of aliphatic hydroxyl groups excluding tert-OH is 2. The van der Waals surface area contributed by atoms with Crippen molar-refractivity contribution in [1.29, 1.82) is 0 Å². The number of allylic oxidation sites excluding steroid dienone is 1. The highest BCUT2D eigenvalue weighted by atomic mass is 16.3. The molecule has 1 radical (unpaired) electrons. The van der Waals surface area contributed by atoms with E-state index in [2.05, 4.69) is 6.58 Å². The van der Waals surface area contributed by atoms with Crippen LogP contribution < -0.4 is 0 Å². The summed E-state index contributed by atoms with van der Waals surface area (Å²) in [4.78, 5) is 10.7. The van der Waals surface area contributed by atoms with Crippen molar-refractivity contribution in [2.75, 3.05) is 6.61 Å². The van der Waals surface area contributed by atoms with Gasteiger partial charge in [-0.25, -0.2) is 0 Å². The lowest BCUT2D eigenvalue weighted by molar-refractivity contribution is -0.113. The molecule has 57 valence electrons. The number of carbonyl (C=O) groups is 1. The Morgan fingerprint density at radius 2 is 2.30 bits per heavy atom. The average molecular weight is 143 g/mol. The highest BCUT2D eigenvalue weighted by Crippen LogP contribution is 1.97. The molecule has 0 aliphatic heterocycles. The summed E-state index contributed by atoms with van der Waals surface area (Å²) in [6.45, 7) is 4.48. The zero-order valence-corrected chi connectivity index (χ0v) is 5.87. The van der Waals surface area contributed by atoms with Crippen LogP contribution in [0, 0.1) is 6.42 Å². The van der Waals surface area contributed by atoms with Gasteiger partial charge < -0.3 is 10.2 Å². The van der Waals surface area contributed by atoms with E-state index >= 15 is 0 Å². The molecular weight excluding hydrogens is 132 g/mol. The molecule has 3 heteroatoms. The number of hydrogen-bond donors (Lipinski definition) is 2. The maximum absolute atomic E-state index is 10.7. The molecule has 0 aromatic carbocycles. The van der Waals surface area contributed by atoms with Crippen molar-refractivity contribution in [2.24, 2.45) is 0 Å². The van der Waals surface area contributed by atoms with Crippen LogP contribution in [0.25, 0.3) is 0 Å². The first-order chi connectivity index (χ1) is 4.57. The number of aliphatic hydroxyl groups is 2. The third kappa shape index (κ3) is 3.37. The van der Waals surface area contributed by atoms with Crippen LogP contribution in [0.4, 0.5) is 0 Å². The van der Waals surface area contributed by atoms with Crippen LogP contribution in [0.2, 0.25) is 0 Å². The zero-order valence-electron chi connectivity index (χ0n) is 5.87. The third-order valence-electron chi connectivity index (χ3n) is 0.951. The summed E-state index contributed by atoms with van der Waals surface area (Å²) in [6.07, 6.45) is -0.0355. The third-order valence-corrected chi connectivity index (χ3v) is 0.951. The van der Waals surface area contributed by atoms with Gasteiger partial charge in [0, 0.05) is 0 Å². The summed E-state index contributed by atoms with van der Waals surface area (Å²) >= 11 is 0. The Bertz CT molecular complexity index is 140. The largest absolute Gasteiger partial charge is 0.394 e. The average Bonchev–Trinajstić information content (AvgIpc) is 1.87. The minimum absolute atomic E-state index is 0.332. The minimum atomic E-state index is -1.07. The Labute approximate surface area is 60.0 Å². The molecular formula is C7H11O3. The molecule has 0 spiro atoms. The van der Waals surface area contributed by atoms with E-state index in [-0.39, 0.29) is 5.78 Å². The molecule has 0 aliphatic carbocycles. The summed E-state index contributed by atoms with van der Waals surface area (Å²) in [6, 6.07) is 0. The van der Waals surface area contributed by atoms with Gasteiger partial charge >= 0.3 is 0 Å². The molecule has 3 nitrogen and oxygen atoms in total. The van der Waals surface area contributed by atoms with Gasteiger partial charge in [-0.05, 0) is 12.5 Å². The van der Waals surface area contributed by atoms with Crippen LogP contribution in [0.5, 0.6) is 0 Å². The quantitative estimate of drug-likeness (QED) is 0.531. The van der Waals surface area contributed by atoms with Gasteiger partial charge in [0.25, 0.3) is 0 Å². The molecule has 1 atom stereocenters. The number of hydrogen-bond acceptors (Lipinski definition) is 3. The molecule has 0 heterocycles. The fourth-order valence-corrected chi connectivity index (χ4v) is 0.370. The van der Waals surface area contributed by atoms with E-state index in [0.29, 0.717) is 5.57 Å². The first-order valence-electron chi connectivity index (χ1n) is 2.91. The summed E-state index contributed by atoms with van der Waals surface area (Å²) in [5.41, 5.74) is 0.354. The highest BCUT2D eigenvalue weighted by Gasteiger charge is 2.09. The second kappa shape index (κ2) is 4.19. The van der Waals surface area contributed by atoms with Crippen molar-refractivity contribution in [3.63, 3.8) is 0 Å². The lowest BCUT2D eigenvalue weighted by atomic mass is 10.1. The molecule has 0 aliphatic rings. The van der Waals surface area contributed by atoms with Gasteiger partial charge in [0.05, 0.1) is 19.1 Å². The topological polar surface area (TPSA) is 57.5 Å². The van der Waals surface area contributed by atoms with Crippen molar-refractivity contribution >= 4 is 5.78 Å². The van der Waals surface area contributed by atoms with Gasteiger partial charge in [0.2, 0.25) is 0 Å². The minimum Gasteiger partial charge on any atom is -0.394 e. The van der Waals surface area contributed by atoms with E-state index in [1.54, 1.807) is 6.92 Å². The van der Waals surface area contributed by atoms with E-state index in [4.69, 9.17) is 10.2 Å². The van der Waals surface area contributed by atoms with Crippen LogP contribution in [0.3, 0.4) is 0 Å². The van der Waals surface area contributed by atoms with Crippen LogP contribution in [-0.2, 0) is 4.79 Å². The van der Waals surface area contributed by atoms with Crippen LogP contribution in [-0.4, -0.2) is 28.7 Å². The van der Waals surface area contributed by atoms with E-state index in [9.17, 15) is 4.79 Å². The van der Waals surface area contributed by atoms with Gasteiger partial charge in [-0.1, -0.05) is 6.58 Å². The number of ketones is 1. The second-order valence-corrected chi connectivity index (χ2v) is 2.06. The van der Waals surface area contributed by atoms with Gasteiger partial charge in [-0.15, -0.1) is 0 Å². The SMILES string of the molecule is C=C(C)C(=O)[CH]C(O)CO. The van der Waals surface area contributed by atoms with Crippen molar-refractivity contribution < 1.29 is 15.0 Å². The van der Waals surface area contributed by atoms with Gasteiger partial charge in [0.1, 0.15) is 0 Å². The lowest BCUT2D eigenvalue weighted by Gasteiger charge is -2.03. The van der Waals surface area contributed by atoms with Gasteiger partial charge in [-0.2, -0.15) is 0 Å². The summed E-state index contributed by atoms with van der Waals surface area (Å²) in [7, 11) is 0. The molecule has 10 heavy (non-hydrogen) atoms. The van der Waals surface area contributed by atoms with Crippen molar-refractivity contribution in [3.8, 4) is 0 Å². The Balaban J connectivity index is 3.68. The van der Waals surface area contributed by atoms with E-state index in [1.165, 1.54) is 0 Å². The monoisotopic (exact) mass is 143 g/mol. The molecule has 2 N–H and O–H groups in total. The smallest absolute Gasteiger partial charge is 0.164 e. The fourth-order valence-electron chi connectivity index (χ4n) is 0.370. The van der Waals surface area contributed by atoms with Gasteiger partial charge in [-0.3, -0.25) is 4.79 Å². The van der Waals surface area contributed by atoms with Crippen LogP contribution in [0.15, 0.2) is 12.2 Å². The maximum Gasteiger partial charge on any atom is 0.164 e. The normalized spacial score (nSPS) is 12.7.